The van der Waals surface area contributed by atoms with Crippen molar-refractivity contribution in [2.45, 2.75) is 32.2 Å². The van der Waals surface area contributed by atoms with E-state index in [4.69, 9.17) is 0 Å². The molecule has 2 aliphatic heterocycles. The van der Waals surface area contributed by atoms with E-state index in [1.54, 1.807) is 0 Å². The van der Waals surface area contributed by atoms with Gasteiger partial charge in [-0.25, -0.2) is 0 Å². The summed E-state index contributed by atoms with van der Waals surface area (Å²) in [7, 11) is 0. The molecule has 5 heteroatoms. The number of anilines is 1. The van der Waals surface area contributed by atoms with Crippen molar-refractivity contribution >= 4 is 11.6 Å². The monoisotopic (exact) mass is 360 g/mol. The molecule has 0 radical (unpaired) electrons. The molecule has 1 spiro atoms. The van der Waals surface area contributed by atoms with E-state index in [1.807, 2.05) is 24.8 Å². The summed E-state index contributed by atoms with van der Waals surface area (Å²) in [5.74, 6) is 0.137. The van der Waals surface area contributed by atoms with E-state index in [0.717, 1.165) is 48.6 Å². The summed E-state index contributed by atoms with van der Waals surface area (Å²) >= 11 is 0. The van der Waals surface area contributed by atoms with Crippen LogP contribution in [0.25, 0.3) is 5.69 Å². The molecular weight excluding hydrogens is 336 g/mol. The van der Waals surface area contributed by atoms with Gasteiger partial charge in [0.2, 0.25) is 0 Å². The summed E-state index contributed by atoms with van der Waals surface area (Å²) in [4.78, 5) is 18.2. The smallest absolute Gasteiger partial charge is 0.255 e. The Balaban J connectivity index is 1.42. The first-order chi connectivity index (χ1) is 13.1. The number of carbonyl (C=O) groups is 1. The molecule has 0 unspecified atom stereocenters. The number of aryl methyl sites for hydroxylation is 2. The van der Waals surface area contributed by atoms with Crippen LogP contribution in [-0.2, 0) is 5.54 Å². The third-order valence-electron chi connectivity index (χ3n) is 6.06. The van der Waals surface area contributed by atoms with Gasteiger partial charge < -0.3 is 19.8 Å². The number of aromatic nitrogens is 2. The number of rotatable bonds is 1. The van der Waals surface area contributed by atoms with Gasteiger partial charge in [-0.2, -0.15) is 0 Å². The first kappa shape index (κ1) is 16.2. The van der Waals surface area contributed by atoms with Crippen LogP contribution in [0.1, 0.15) is 40.3 Å². The number of hydrogen-bond donors (Lipinski definition) is 2. The van der Waals surface area contributed by atoms with Crippen LogP contribution in [0.5, 0.6) is 0 Å². The van der Waals surface area contributed by atoms with E-state index in [0.29, 0.717) is 0 Å². The van der Waals surface area contributed by atoms with E-state index in [9.17, 15) is 4.79 Å². The lowest BCUT2D eigenvalue weighted by Gasteiger charge is -2.46. The molecule has 2 N–H and O–H groups in total. The van der Waals surface area contributed by atoms with Crippen molar-refractivity contribution in [3.05, 3.63) is 71.3 Å². The Labute approximate surface area is 159 Å². The Bertz CT molecular complexity index is 1020. The number of piperidine rings is 1. The number of para-hydroxylation sites is 2. The Morgan fingerprint density at radius 1 is 1.07 bits per heavy atom. The van der Waals surface area contributed by atoms with Crippen molar-refractivity contribution in [3.8, 4) is 5.69 Å². The zero-order chi connectivity index (χ0) is 18.6. The van der Waals surface area contributed by atoms with Gasteiger partial charge in [-0.05, 0) is 57.0 Å². The highest BCUT2D eigenvalue weighted by Gasteiger charge is 2.42. The summed E-state index contributed by atoms with van der Waals surface area (Å²) in [5.41, 5.74) is 6.33. The van der Waals surface area contributed by atoms with Crippen LogP contribution in [0, 0.1) is 13.8 Å². The topological polar surface area (TPSA) is 53.1 Å². The van der Waals surface area contributed by atoms with Crippen molar-refractivity contribution in [3.63, 3.8) is 0 Å². The zero-order valence-electron chi connectivity index (χ0n) is 15.7. The molecule has 2 aliphatic rings. The Hall–Kier alpha value is -2.95. The van der Waals surface area contributed by atoms with E-state index < -0.39 is 0 Å². The molecule has 5 rings (SSSR count). The van der Waals surface area contributed by atoms with Crippen LogP contribution < -0.4 is 5.32 Å². The summed E-state index contributed by atoms with van der Waals surface area (Å²) in [6.07, 6.45) is 3.94. The molecule has 3 aromatic rings. The van der Waals surface area contributed by atoms with E-state index >= 15 is 0 Å². The van der Waals surface area contributed by atoms with Gasteiger partial charge in [0.15, 0.2) is 0 Å². The van der Waals surface area contributed by atoms with Gasteiger partial charge in [0.1, 0.15) is 0 Å². The molecule has 1 amide bonds. The lowest BCUT2D eigenvalue weighted by atomic mass is 9.82. The highest BCUT2D eigenvalue weighted by molar-refractivity contribution is 5.95. The molecule has 1 fully saturated rings. The number of carbonyl (C=O) groups excluding carboxylic acids is 1. The number of likely N-dealkylation sites (tertiary alicyclic amines) is 1. The summed E-state index contributed by atoms with van der Waals surface area (Å²) in [6, 6.07) is 14.7. The van der Waals surface area contributed by atoms with E-state index in [-0.39, 0.29) is 11.4 Å². The predicted molar refractivity (Wildman–Crippen MR) is 106 cm³/mol. The third kappa shape index (κ3) is 2.41. The molecule has 0 saturated carbocycles. The second-order valence-electron chi connectivity index (χ2n) is 7.77. The number of aromatic amines is 1. The van der Waals surface area contributed by atoms with Crippen LogP contribution in [-0.4, -0.2) is 33.4 Å². The van der Waals surface area contributed by atoms with Crippen molar-refractivity contribution < 1.29 is 4.79 Å². The molecule has 0 aliphatic carbocycles. The number of nitrogens with zero attached hydrogens (tertiary/aromatic N) is 2. The molecule has 5 nitrogen and oxygen atoms in total. The van der Waals surface area contributed by atoms with Gasteiger partial charge in [0.05, 0.1) is 22.5 Å². The van der Waals surface area contributed by atoms with Crippen molar-refractivity contribution in [1.29, 1.82) is 0 Å². The lowest BCUT2D eigenvalue weighted by molar-refractivity contribution is 0.0676. The second-order valence-corrected chi connectivity index (χ2v) is 7.77. The van der Waals surface area contributed by atoms with E-state index in [2.05, 4.69) is 57.5 Å². The molecule has 1 aromatic carbocycles. The zero-order valence-corrected chi connectivity index (χ0v) is 15.7. The maximum atomic E-state index is 13.0. The average Bonchev–Trinajstić information content (AvgIpc) is 3.29. The Morgan fingerprint density at radius 2 is 1.85 bits per heavy atom. The number of fused-ring (bicyclic) bond motifs is 4. The Morgan fingerprint density at radius 3 is 2.59 bits per heavy atom. The second kappa shape index (κ2) is 5.78. The molecule has 1 saturated heterocycles. The summed E-state index contributed by atoms with van der Waals surface area (Å²) in [6.45, 7) is 5.47. The maximum absolute atomic E-state index is 13.0. The largest absolute Gasteiger partial charge is 0.372 e. The van der Waals surface area contributed by atoms with Gasteiger partial charge >= 0.3 is 0 Å². The standard InChI is InChI=1S/C22H24N4O/c1-15-14-17(16(2)23-15)21(27)25-12-9-22(10-13-25)20-8-5-11-26(20)19-7-4-3-6-18(19)24-22/h3-8,11,14,23-24H,9-10,12-13H2,1-2H3. The predicted octanol–water partition coefficient (Wildman–Crippen LogP) is 3.98. The van der Waals surface area contributed by atoms with E-state index in [1.165, 1.54) is 11.4 Å². The average molecular weight is 360 g/mol. The molecule has 0 bridgehead atoms. The quantitative estimate of drug-likeness (QED) is 0.690. The minimum absolute atomic E-state index is 0.113. The van der Waals surface area contributed by atoms with Gasteiger partial charge in [-0.3, -0.25) is 4.79 Å². The number of H-pyrrole nitrogens is 1. The van der Waals surface area contributed by atoms with Gasteiger partial charge in [0, 0.05) is 36.4 Å². The minimum Gasteiger partial charge on any atom is -0.372 e. The molecule has 0 atom stereocenters. The fraction of sp³-hybridized carbons (Fsp3) is 0.318. The Kier molecular flexibility index (Phi) is 3.47. The fourth-order valence-electron chi connectivity index (χ4n) is 4.68. The molecular formula is C22H24N4O. The van der Waals surface area contributed by atoms with Crippen molar-refractivity contribution in [2.75, 3.05) is 18.4 Å². The number of amides is 1. The minimum atomic E-state index is -0.113. The van der Waals surface area contributed by atoms with Crippen LogP contribution in [0.4, 0.5) is 5.69 Å². The first-order valence-electron chi connectivity index (χ1n) is 9.58. The van der Waals surface area contributed by atoms with Crippen LogP contribution in [0.15, 0.2) is 48.7 Å². The van der Waals surface area contributed by atoms with Crippen LogP contribution in [0.3, 0.4) is 0 Å². The van der Waals surface area contributed by atoms with Crippen molar-refractivity contribution in [2.24, 2.45) is 0 Å². The fourth-order valence-corrected chi connectivity index (χ4v) is 4.68. The lowest BCUT2D eigenvalue weighted by Crippen LogP contribution is -2.51. The molecule has 27 heavy (non-hydrogen) atoms. The highest BCUT2D eigenvalue weighted by atomic mass is 16.2. The summed E-state index contributed by atoms with van der Waals surface area (Å²) < 4.78 is 2.29. The third-order valence-corrected chi connectivity index (χ3v) is 6.06. The van der Waals surface area contributed by atoms with Crippen molar-refractivity contribution in [1.82, 2.24) is 14.5 Å². The maximum Gasteiger partial charge on any atom is 0.255 e. The summed E-state index contributed by atoms with van der Waals surface area (Å²) in [5, 5.41) is 3.80. The highest BCUT2D eigenvalue weighted by Crippen LogP contribution is 2.43. The normalized spacial score (nSPS) is 17.3. The molecule has 138 valence electrons. The number of benzene rings is 1. The first-order valence-corrected chi connectivity index (χ1v) is 9.58. The number of hydrogen-bond acceptors (Lipinski definition) is 2. The molecule has 4 heterocycles. The van der Waals surface area contributed by atoms with Crippen LogP contribution >= 0.6 is 0 Å². The SMILES string of the molecule is Cc1cc(C(=O)N2CCC3(CC2)Nc2ccccc2-n2cccc23)c(C)[nH]1. The van der Waals surface area contributed by atoms with Gasteiger partial charge in [-0.15, -0.1) is 0 Å². The molecule has 2 aromatic heterocycles. The number of nitrogens with one attached hydrogen (secondary N) is 2. The van der Waals surface area contributed by atoms with Crippen LogP contribution in [0.2, 0.25) is 0 Å². The van der Waals surface area contributed by atoms with Gasteiger partial charge in [-0.1, -0.05) is 12.1 Å². The van der Waals surface area contributed by atoms with Gasteiger partial charge in [0.25, 0.3) is 5.91 Å².